The van der Waals surface area contributed by atoms with Crippen LogP contribution in [-0.2, 0) is 30.0 Å². The van der Waals surface area contributed by atoms with Gasteiger partial charge in [-0.1, -0.05) is 22.0 Å². The SMILES string of the molecule is CC(C)(C)OC(=O)NC(Cc1ccc(Br)cc1B1OC(C)(C)C(C)(C)O1)C(=O)OC(C)(C)C. The first kappa shape index (κ1) is 27.7. The predicted octanol–water partition coefficient (Wildman–Crippen LogP) is 4.53. The fraction of sp³-hybridized carbons (Fsp3) is 0.667. The molecule has 1 N–H and O–H groups in total. The van der Waals surface area contributed by atoms with E-state index in [1.165, 1.54) is 0 Å². The van der Waals surface area contributed by atoms with Gasteiger partial charge in [0.2, 0.25) is 0 Å². The number of nitrogens with one attached hydrogen (secondary N) is 1. The lowest BCUT2D eigenvalue weighted by Gasteiger charge is -2.32. The van der Waals surface area contributed by atoms with Crippen LogP contribution in [0.3, 0.4) is 0 Å². The third kappa shape index (κ3) is 7.72. The maximum Gasteiger partial charge on any atom is 0.495 e. The smallest absolute Gasteiger partial charge is 0.458 e. The van der Waals surface area contributed by atoms with E-state index in [1.807, 2.05) is 45.9 Å². The summed E-state index contributed by atoms with van der Waals surface area (Å²) >= 11 is 3.52. The zero-order valence-corrected chi connectivity index (χ0v) is 23.0. The number of carbonyl (C=O) groups is 2. The Kier molecular flexibility index (Phi) is 8.04. The van der Waals surface area contributed by atoms with Crippen molar-refractivity contribution in [2.75, 3.05) is 0 Å². The minimum atomic E-state index is -0.957. The summed E-state index contributed by atoms with van der Waals surface area (Å²) < 4.78 is 24.3. The standard InChI is InChI=1S/C24H37BBrNO6/c1-21(2,3)30-19(28)18(27-20(29)31-22(4,5)6)13-15-11-12-16(26)14-17(15)25-32-23(7,8)24(9,10)33-25/h11-12,14,18H,13H2,1-10H3,(H,27,29). The molecule has 1 aliphatic heterocycles. The number of hydrogen-bond donors (Lipinski definition) is 1. The van der Waals surface area contributed by atoms with E-state index in [-0.39, 0.29) is 6.42 Å². The molecule has 1 saturated heterocycles. The van der Waals surface area contributed by atoms with E-state index < -0.39 is 47.6 Å². The minimum Gasteiger partial charge on any atom is -0.458 e. The summed E-state index contributed by atoms with van der Waals surface area (Å²) in [6, 6.07) is 4.72. The Balaban J connectivity index is 2.37. The van der Waals surface area contributed by atoms with Crippen LogP contribution in [0.5, 0.6) is 0 Å². The molecule has 0 aromatic heterocycles. The van der Waals surface area contributed by atoms with E-state index in [1.54, 1.807) is 41.5 Å². The summed E-state index contributed by atoms with van der Waals surface area (Å²) in [5.41, 5.74) is -0.869. The van der Waals surface area contributed by atoms with Gasteiger partial charge in [0.05, 0.1) is 11.2 Å². The van der Waals surface area contributed by atoms with Crippen LogP contribution in [0, 0.1) is 0 Å². The predicted molar refractivity (Wildman–Crippen MR) is 133 cm³/mol. The van der Waals surface area contributed by atoms with E-state index in [0.717, 1.165) is 15.5 Å². The van der Waals surface area contributed by atoms with Crippen LogP contribution >= 0.6 is 15.9 Å². The van der Waals surface area contributed by atoms with Gasteiger partial charge in [0.1, 0.15) is 17.2 Å². The molecule has 0 aliphatic carbocycles. The number of ether oxygens (including phenoxy) is 2. The van der Waals surface area contributed by atoms with Gasteiger partial charge in [-0.15, -0.1) is 0 Å². The molecule has 2 rings (SSSR count). The number of benzene rings is 1. The third-order valence-electron chi connectivity index (χ3n) is 5.42. The Morgan fingerprint density at radius 2 is 1.52 bits per heavy atom. The molecule has 1 unspecified atom stereocenters. The number of alkyl carbamates (subject to hydrolysis) is 1. The first-order valence-corrected chi connectivity index (χ1v) is 12.0. The highest BCUT2D eigenvalue weighted by Crippen LogP contribution is 2.37. The molecule has 184 valence electrons. The molecule has 1 aromatic carbocycles. The van der Waals surface area contributed by atoms with Crippen molar-refractivity contribution in [3.8, 4) is 0 Å². The quantitative estimate of drug-likeness (QED) is 0.449. The molecule has 33 heavy (non-hydrogen) atoms. The highest BCUT2D eigenvalue weighted by Gasteiger charge is 2.52. The van der Waals surface area contributed by atoms with Crippen molar-refractivity contribution in [1.82, 2.24) is 5.32 Å². The van der Waals surface area contributed by atoms with Crippen molar-refractivity contribution >= 4 is 40.6 Å². The van der Waals surface area contributed by atoms with E-state index >= 15 is 0 Å². The molecule has 1 fully saturated rings. The van der Waals surface area contributed by atoms with Gasteiger partial charge in [0.15, 0.2) is 0 Å². The van der Waals surface area contributed by atoms with E-state index in [2.05, 4.69) is 21.2 Å². The molecule has 0 spiro atoms. The third-order valence-corrected chi connectivity index (χ3v) is 5.91. The van der Waals surface area contributed by atoms with Crippen molar-refractivity contribution in [3.05, 3.63) is 28.2 Å². The van der Waals surface area contributed by atoms with Crippen LogP contribution in [0.25, 0.3) is 0 Å². The summed E-state index contributed by atoms with van der Waals surface area (Å²) in [4.78, 5) is 25.5. The molecule has 1 heterocycles. The summed E-state index contributed by atoms with van der Waals surface area (Å²) in [6.45, 7) is 18.6. The Morgan fingerprint density at radius 1 is 1.00 bits per heavy atom. The van der Waals surface area contributed by atoms with Crippen LogP contribution in [-0.4, -0.2) is 47.6 Å². The number of rotatable bonds is 5. The molecule has 1 atom stereocenters. The molecule has 9 heteroatoms. The van der Waals surface area contributed by atoms with Crippen LogP contribution < -0.4 is 10.8 Å². The zero-order valence-electron chi connectivity index (χ0n) is 21.4. The summed E-state index contributed by atoms with van der Waals surface area (Å²) in [5, 5.41) is 2.68. The summed E-state index contributed by atoms with van der Waals surface area (Å²) in [6.07, 6.45) is -0.506. The molecule has 0 saturated carbocycles. The van der Waals surface area contributed by atoms with Gasteiger partial charge in [-0.05, 0) is 92.4 Å². The highest BCUT2D eigenvalue weighted by molar-refractivity contribution is 9.10. The van der Waals surface area contributed by atoms with Gasteiger partial charge < -0.3 is 24.1 Å². The number of esters is 1. The Morgan fingerprint density at radius 3 is 2.00 bits per heavy atom. The van der Waals surface area contributed by atoms with Crippen LogP contribution in [0.4, 0.5) is 4.79 Å². The number of carbonyl (C=O) groups excluding carboxylic acids is 2. The Hall–Kier alpha value is -1.58. The second kappa shape index (κ2) is 9.58. The summed E-state index contributed by atoms with van der Waals surface area (Å²) in [5.74, 6) is -0.545. The normalized spacial score (nSPS) is 18.6. The monoisotopic (exact) mass is 525 g/mol. The van der Waals surface area contributed by atoms with E-state index in [0.29, 0.717) is 0 Å². The van der Waals surface area contributed by atoms with Gasteiger partial charge in [0, 0.05) is 10.9 Å². The minimum absolute atomic E-state index is 0.181. The second-order valence-corrected chi connectivity index (χ2v) is 12.3. The lowest BCUT2D eigenvalue weighted by atomic mass is 9.74. The fourth-order valence-corrected chi connectivity index (χ4v) is 3.56. The first-order chi connectivity index (χ1) is 14.8. The molecule has 7 nitrogen and oxygen atoms in total. The van der Waals surface area contributed by atoms with Crippen molar-refractivity contribution < 1.29 is 28.4 Å². The van der Waals surface area contributed by atoms with Crippen LogP contribution in [0.1, 0.15) is 74.8 Å². The van der Waals surface area contributed by atoms with Gasteiger partial charge in [-0.3, -0.25) is 0 Å². The maximum atomic E-state index is 13.0. The molecule has 0 bridgehead atoms. The lowest BCUT2D eigenvalue weighted by molar-refractivity contribution is -0.157. The number of amides is 1. The van der Waals surface area contributed by atoms with Crippen molar-refractivity contribution in [2.24, 2.45) is 0 Å². The Labute approximate surface area is 206 Å². The van der Waals surface area contributed by atoms with Crippen LogP contribution in [0.2, 0.25) is 0 Å². The van der Waals surface area contributed by atoms with Crippen molar-refractivity contribution in [1.29, 1.82) is 0 Å². The molecule has 1 amide bonds. The summed E-state index contributed by atoms with van der Waals surface area (Å²) in [7, 11) is -0.622. The van der Waals surface area contributed by atoms with Crippen molar-refractivity contribution in [3.63, 3.8) is 0 Å². The van der Waals surface area contributed by atoms with E-state index in [4.69, 9.17) is 18.8 Å². The highest BCUT2D eigenvalue weighted by atomic mass is 79.9. The topological polar surface area (TPSA) is 83.1 Å². The van der Waals surface area contributed by atoms with Crippen LogP contribution in [0.15, 0.2) is 22.7 Å². The molecular formula is C24H37BBrNO6. The lowest BCUT2D eigenvalue weighted by Crippen LogP contribution is -2.48. The number of hydrogen-bond acceptors (Lipinski definition) is 6. The largest absolute Gasteiger partial charge is 0.495 e. The van der Waals surface area contributed by atoms with E-state index in [9.17, 15) is 9.59 Å². The zero-order chi connectivity index (χ0) is 25.4. The molecule has 1 aromatic rings. The maximum absolute atomic E-state index is 13.0. The molecule has 0 radical (unpaired) electrons. The van der Waals surface area contributed by atoms with Gasteiger partial charge in [0.25, 0.3) is 0 Å². The fourth-order valence-electron chi connectivity index (χ4n) is 3.18. The van der Waals surface area contributed by atoms with Gasteiger partial charge in [-0.25, -0.2) is 9.59 Å². The van der Waals surface area contributed by atoms with Gasteiger partial charge in [-0.2, -0.15) is 0 Å². The molecule has 1 aliphatic rings. The molecular weight excluding hydrogens is 489 g/mol. The van der Waals surface area contributed by atoms with Gasteiger partial charge >= 0.3 is 19.2 Å². The second-order valence-electron chi connectivity index (χ2n) is 11.4. The number of halogens is 1. The Bertz CT molecular complexity index is 872. The first-order valence-electron chi connectivity index (χ1n) is 11.2. The average Bonchev–Trinajstić information content (AvgIpc) is 2.80. The average molecular weight is 526 g/mol. The van der Waals surface area contributed by atoms with Crippen molar-refractivity contribution in [2.45, 2.75) is 104 Å².